The van der Waals surface area contributed by atoms with E-state index in [-0.39, 0.29) is 49.1 Å². The van der Waals surface area contributed by atoms with Gasteiger partial charge < -0.3 is 14.2 Å². The first kappa shape index (κ1) is 23.2. The second kappa shape index (κ2) is 10.1. The standard InChI is InChI=1S/C20H26N2O8/c1-5-28-18(25)15-11(3)21-12(4)16(19(26)29-6-2)17(15)20(27)30-10-14(24)22-9-7-8-13(22)23/h15,17H,5-10H2,1-4H3/t15?,17-/m1/s1. The minimum Gasteiger partial charge on any atom is -0.465 e. The molecule has 164 valence electrons. The van der Waals surface area contributed by atoms with Gasteiger partial charge in [-0.3, -0.25) is 29.1 Å². The Hall–Kier alpha value is -3.04. The van der Waals surface area contributed by atoms with E-state index in [2.05, 4.69) is 4.99 Å². The lowest BCUT2D eigenvalue weighted by Gasteiger charge is -2.29. The van der Waals surface area contributed by atoms with E-state index in [4.69, 9.17) is 14.2 Å². The van der Waals surface area contributed by atoms with Crippen molar-refractivity contribution in [1.29, 1.82) is 0 Å². The van der Waals surface area contributed by atoms with Crippen LogP contribution in [-0.2, 0) is 38.2 Å². The van der Waals surface area contributed by atoms with Crippen LogP contribution in [0.5, 0.6) is 0 Å². The zero-order valence-corrected chi connectivity index (χ0v) is 17.6. The van der Waals surface area contributed by atoms with Gasteiger partial charge in [-0.2, -0.15) is 0 Å². The zero-order chi connectivity index (χ0) is 22.4. The fourth-order valence-electron chi connectivity index (χ4n) is 3.52. The number of hydrogen-bond donors (Lipinski definition) is 0. The quantitative estimate of drug-likeness (QED) is 0.435. The zero-order valence-electron chi connectivity index (χ0n) is 17.6. The van der Waals surface area contributed by atoms with Crippen molar-refractivity contribution in [2.24, 2.45) is 16.8 Å². The van der Waals surface area contributed by atoms with Crippen LogP contribution in [0.4, 0.5) is 0 Å². The molecule has 1 fully saturated rings. The first-order chi connectivity index (χ1) is 14.2. The average molecular weight is 422 g/mol. The Morgan fingerprint density at radius 3 is 2.20 bits per heavy atom. The molecule has 2 heterocycles. The summed E-state index contributed by atoms with van der Waals surface area (Å²) in [5, 5.41) is 0. The number of likely N-dealkylation sites (tertiary alicyclic amines) is 1. The minimum absolute atomic E-state index is 0.0553. The minimum atomic E-state index is -1.37. The predicted octanol–water partition coefficient (Wildman–Crippen LogP) is 0.786. The Kier molecular flexibility index (Phi) is 7.85. The third-order valence-electron chi connectivity index (χ3n) is 4.83. The van der Waals surface area contributed by atoms with Crippen LogP contribution in [0.2, 0.25) is 0 Å². The second-order valence-electron chi connectivity index (χ2n) is 6.83. The van der Waals surface area contributed by atoms with Crippen molar-refractivity contribution in [2.75, 3.05) is 26.4 Å². The summed E-state index contributed by atoms with van der Waals surface area (Å²) in [5.74, 6) is -6.06. The van der Waals surface area contributed by atoms with Crippen LogP contribution in [0.25, 0.3) is 0 Å². The first-order valence-corrected chi connectivity index (χ1v) is 9.82. The summed E-state index contributed by atoms with van der Waals surface area (Å²) in [6, 6.07) is 0. The number of nitrogens with zero attached hydrogens (tertiary/aromatic N) is 2. The van der Waals surface area contributed by atoms with E-state index >= 15 is 0 Å². The summed E-state index contributed by atoms with van der Waals surface area (Å²) in [4.78, 5) is 67.2. The topological polar surface area (TPSA) is 129 Å². The summed E-state index contributed by atoms with van der Waals surface area (Å²) in [7, 11) is 0. The molecule has 2 aliphatic rings. The van der Waals surface area contributed by atoms with Gasteiger partial charge in [-0.25, -0.2) is 4.79 Å². The second-order valence-corrected chi connectivity index (χ2v) is 6.83. The lowest BCUT2D eigenvalue weighted by molar-refractivity contribution is -0.161. The van der Waals surface area contributed by atoms with E-state index < -0.39 is 42.3 Å². The summed E-state index contributed by atoms with van der Waals surface area (Å²) in [6.07, 6.45) is 0.814. The van der Waals surface area contributed by atoms with Crippen LogP contribution in [-0.4, -0.2) is 66.7 Å². The Balaban J connectivity index is 2.30. The van der Waals surface area contributed by atoms with E-state index in [0.29, 0.717) is 6.42 Å². The Morgan fingerprint density at radius 1 is 1.00 bits per heavy atom. The molecule has 1 unspecified atom stereocenters. The number of imide groups is 1. The smallest absolute Gasteiger partial charge is 0.336 e. The van der Waals surface area contributed by atoms with Gasteiger partial charge >= 0.3 is 17.9 Å². The maximum atomic E-state index is 12.9. The highest BCUT2D eigenvalue weighted by molar-refractivity contribution is 6.10. The molecule has 2 amide bonds. The van der Waals surface area contributed by atoms with E-state index in [1.165, 1.54) is 6.92 Å². The molecule has 0 saturated carbocycles. The molecule has 0 radical (unpaired) electrons. The first-order valence-electron chi connectivity index (χ1n) is 9.82. The number of allylic oxidation sites excluding steroid dienone is 1. The third-order valence-corrected chi connectivity index (χ3v) is 4.83. The van der Waals surface area contributed by atoms with E-state index in [1.807, 2.05) is 0 Å². The molecule has 30 heavy (non-hydrogen) atoms. The van der Waals surface area contributed by atoms with Gasteiger partial charge in [0.05, 0.1) is 18.8 Å². The van der Waals surface area contributed by atoms with Gasteiger partial charge in [-0.1, -0.05) is 0 Å². The molecule has 0 bridgehead atoms. The molecular weight excluding hydrogens is 396 g/mol. The maximum Gasteiger partial charge on any atom is 0.336 e. The number of hydrogen-bond acceptors (Lipinski definition) is 9. The molecule has 0 N–H and O–H groups in total. The number of carbonyl (C=O) groups is 5. The van der Waals surface area contributed by atoms with E-state index in [9.17, 15) is 24.0 Å². The molecule has 10 heteroatoms. The van der Waals surface area contributed by atoms with Crippen LogP contribution >= 0.6 is 0 Å². The molecule has 2 rings (SSSR count). The molecule has 0 aromatic heterocycles. The Morgan fingerprint density at radius 2 is 1.63 bits per heavy atom. The average Bonchev–Trinajstić information content (AvgIpc) is 3.11. The number of rotatable bonds is 7. The van der Waals surface area contributed by atoms with Gasteiger partial charge in [0.2, 0.25) is 5.91 Å². The molecule has 0 aromatic rings. The molecule has 0 spiro atoms. The fourth-order valence-corrected chi connectivity index (χ4v) is 3.52. The molecule has 0 aromatic carbocycles. The highest BCUT2D eigenvalue weighted by Gasteiger charge is 2.47. The highest BCUT2D eigenvalue weighted by atomic mass is 16.5. The van der Waals surface area contributed by atoms with E-state index in [1.54, 1.807) is 20.8 Å². The van der Waals surface area contributed by atoms with Gasteiger partial charge in [0.25, 0.3) is 5.91 Å². The lowest BCUT2D eigenvalue weighted by atomic mass is 9.79. The largest absolute Gasteiger partial charge is 0.465 e. The molecule has 2 atom stereocenters. The molecule has 1 saturated heterocycles. The highest BCUT2D eigenvalue weighted by Crippen LogP contribution is 2.33. The van der Waals surface area contributed by atoms with Crippen LogP contribution in [0, 0.1) is 11.8 Å². The molecule has 2 aliphatic heterocycles. The van der Waals surface area contributed by atoms with Gasteiger partial charge in [0.1, 0.15) is 11.8 Å². The van der Waals surface area contributed by atoms with Gasteiger partial charge in [-0.15, -0.1) is 0 Å². The monoisotopic (exact) mass is 422 g/mol. The molecular formula is C20H26N2O8. The molecule has 10 nitrogen and oxygen atoms in total. The number of aliphatic imine (C=N–C) groups is 1. The number of amides is 2. The van der Waals surface area contributed by atoms with Crippen molar-refractivity contribution < 1.29 is 38.2 Å². The number of carbonyl (C=O) groups excluding carboxylic acids is 5. The predicted molar refractivity (Wildman–Crippen MR) is 103 cm³/mol. The van der Waals surface area contributed by atoms with Gasteiger partial charge in [0.15, 0.2) is 6.61 Å². The van der Waals surface area contributed by atoms with E-state index in [0.717, 1.165) is 4.90 Å². The van der Waals surface area contributed by atoms with Gasteiger partial charge in [-0.05, 0) is 34.1 Å². The van der Waals surface area contributed by atoms with Crippen molar-refractivity contribution >= 4 is 35.4 Å². The number of esters is 3. The van der Waals surface area contributed by atoms with Crippen LogP contribution in [0.15, 0.2) is 16.3 Å². The Bertz CT molecular complexity index is 814. The van der Waals surface area contributed by atoms with Crippen LogP contribution < -0.4 is 0 Å². The summed E-state index contributed by atoms with van der Waals surface area (Å²) in [6.45, 7) is 5.99. The van der Waals surface area contributed by atoms with Crippen LogP contribution in [0.3, 0.4) is 0 Å². The normalized spacial score (nSPS) is 21.3. The van der Waals surface area contributed by atoms with Crippen molar-refractivity contribution in [3.05, 3.63) is 11.3 Å². The SMILES string of the molecule is CCOC(=O)C1=C(C)N=C(C)C(C(=O)OCC)[C@H]1C(=O)OCC(=O)N1CCCC1=O. The van der Waals surface area contributed by atoms with Crippen molar-refractivity contribution in [2.45, 2.75) is 40.5 Å². The number of ether oxygens (including phenoxy) is 3. The van der Waals surface area contributed by atoms with Crippen molar-refractivity contribution in [1.82, 2.24) is 4.90 Å². The lowest BCUT2D eigenvalue weighted by Crippen LogP contribution is -2.43. The fraction of sp³-hybridized carbons (Fsp3) is 0.600. The van der Waals surface area contributed by atoms with Crippen LogP contribution in [0.1, 0.15) is 40.5 Å². The summed E-state index contributed by atoms with van der Waals surface area (Å²) in [5.41, 5.74) is 0.381. The maximum absolute atomic E-state index is 12.9. The summed E-state index contributed by atoms with van der Waals surface area (Å²) < 4.78 is 15.2. The Labute approximate surface area is 174 Å². The third kappa shape index (κ3) is 4.92. The molecule has 0 aliphatic carbocycles. The van der Waals surface area contributed by atoms with Crippen molar-refractivity contribution in [3.63, 3.8) is 0 Å². The van der Waals surface area contributed by atoms with Crippen molar-refractivity contribution in [3.8, 4) is 0 Å². The summed E-state index contributed by atoms with van der Waals surface area (Å²) >= 11 is 0. The van der Waals surface area contributed by atoms with Gasteiger partial charge in [0, 0.05) is 24.4 Å².